The van der Waals surface area contributed by atoms with Crippen molar-refractivity contribution in [1.29, 1.82) is 0 Å². The molecule has 0 aliphatic heterocycles. The van der Waals surface area contributed by atoms with Crippen LogP contribution in [-0.2, 0) is 10.0 Å². The molecule has 2 aromatic heterocycles. The second-order valence-electron chi connectivity index (χ2n) is 4.41. The molecule has 0 atom stereocenters. The van der Waals surface area contributed by atoms with Crippen LogP contribution in [-0.4, -0.2) is 28.0 Å². The first kappa shape index (κ1) is 17.7. The van der Waals surface area contributed by atoms with Gasteiger partial charge in [0.1, 0.15) is 17.3 Å². The van der Waals surface area contributed by atoms with E-state index in [1.165, 1.54) is 6.20 Å². The Hall–Kier alpha value is -1.62. The Morgan fingerprint density at radius 3 is 2.48 bits per heavy atom. The number of benzene rings is 1. The molecule has 0 bridgehead atoms. The van der Waals surface area contributed by atoms with Crippen molar-refractivity contribution in [2.45, 2.75) is 12.1 Å². The van der Waals surface area contributed by atoms with Gasteiger partial charge in [0.2, 0.25) is 0 Å². The van der Waals surface area contributed by atoms with Gasteiger partial charge in [-0.1, -0.05) is 6.07 Å². The predicted octanol–water partition coefficient (Wildman–Crippen LogP) is -1.37. The molecule has 0 aliphatic carbocycles. The van der Waals surface area contributed by atoms with Crippen molar-refractivity contribution >= 4 is 21.5 Å². The van der Waals surface area contributed by atoms with Crippen LogP contribution in [0.4, 0.5) is 14.5 Å². The van der Waals surface area contributed by atoms with Crippen LogP contribution in [0.1, 0.15) is 7.12 Å². The summed E-state index contributed by atoms with van der Waals surface area (Å²) in [5, 5.41) is 3.10. The average Bonchev–Trinajstić information content (AvgIpc) is 2.87. The Morgan fingerprint density at radius 2 is 1.83 bits per heavy atom. The van der Waals surface area contributed by atoms with Crippen molar-refractivity contribution in [1.82, 2.24) is 19.6 Å². The Balaban J connectivity index is 0.00000144. The SMILES string of the molecule is Cc1ccn2nc(S(=O)(=O)Nc3c(F)cccc3F)nc2n1.[H-].[Na+]. The molecule has 7 nitrogen and oxygen atoms in total. The van der Waals surface area contributed by atoms with Crippen LogP contribution in [0.25, 0.3) is 5.78 Å². The number of nitrogens with zero attached hydrogens (tertiary/aromatic N) is 4. The standard InChI is InChI=1S/C12H9F2N5O2S.Na.H/c1-7-5-6-19-11(15-7)16-12(17-19)22(20,21)18-10-8(13)3-2-4-9(10)14;;/h2-6,18H,1H3;;/q;+1;-1. The zero-order valence-corrected chi connectivity index (χ0v) is 15.0. The zero-order valence-electron chi connectivity index (χ0n) is 13.2. The molecule has 0 radical (unpaired) electrons. The van der Waals surface area contributed by atoms with E-state index < -0.39 is 32.5 Å². The van der Waals surface area contributed by atoms with Gasteiger partial charge in [-0.3, -0.25) is 4.72 Å². The monoisotopic (exact) mass is 349 g/mol. The van der Waals surface area contributed by atoms with Crippen molar-refractivity contribution in [2.24, 2.45) is 0 Å². The van der Waals surface area contributed by atoms with E-state index in [9.17, 15) is 17.2 Å². The van der Waals surface area contributed by atoms with Gasteiger partial charge in [0.25, 0.3) is 21.0 Å². The summed E-state index contributed by atoms with van der Waals surface area (Å²) in [4.78, 5) is 7.75. The van der Waals surface area contributed by atoms with Crippen LogP contribution in [0.5, 0.6) is 0 Å². The molecule has 3 rings (SSSR count). The molecule has 116 valence electrons. The quantitative estimate of drug-likeness (QED) is 0.590. The van der Waals surface area contributed by atoms with Crippen LogP contribution in [0.15, 0.2) is 35.6 Å². The first-order chi connectivity index (χ1) is 10.4. The number of aryl methyl sites for hydroxylation is 1. The van der Waals surface area contributed by atoms with Gasteiger partial charge in [-0.05, 0) is 25.1 Å². The predicted molar refractivity (Wildman–Crippen MR) is 73.8 cm³/mol. The van der Waals surface area contributed by atoms with Gasteiger partial charge in [-0.15, -0.1) is 5.10 Å². The summed E-state index contributed by atoms with van der Waals surface area (Å²) in [6.07, 6.45) is 1.48. The molecular weight excluding hydrogens is 339 g/mol. The number of halogens is 2. The Bertz CT molecular complexity index is 962. The second kappa shape index (κ2) is 6.48. The molecule has 11 heteroatoms. The third-order valence-electron chi connectivity index (χ3n) is 2.77. The van der Waals surface area contributed by atoms with E-state index in [4.69, 9.17) is 0 Å². The minimum atomic E-state index is -4.35. The number of nitrogens with one attached hydrogen (secondary N) is 1. The summed E-state index contributed by atoms with van der Waals surface area (Å²) in [5.74, 6) is -2.02. The normalized spacial score (nSPS) is 11.3. The van der Waals surface area contributed by atoms with Crippen LogP contribution in [0.3, 0.4) is 0 Å². The molecule has 0 unspecified atom stereocenters. The average molecular weight is 349 g/mol. The summed E-state index contributed by atoms with van der Waals surface area (Å²) in [6, 6.07) is 4.60. The summed E-state index contributed by atoms with van der Waals surface area (Å²) in [6.45, 7) is 1.70. The fraction of sp³-hybridized carbons (Fsp3) is 0.0833. The molecule has 0 aliphatic rings. The van der Waals surface area contributed by atoms with Crippen molar-refractivity contribution in [3.8, 4) is 0 Å². The molecule has 0 saturated heterocycles. The summed E-state index contributed by atoms with van der Waals surface area (Å²) in [7, 11) is -4.35. The van der Waals surface area contributed by atoms with E-state index in [-0.39, 0.29) is 36.8 Å². The number of fused-ring (bicyclic) bond motifs is 1. The first-order valence-electron chi connectivity index (χ1n) is 6.04. The number of rotatable bonds is 3. The fourth-order valence-corrected chi connectivity index (χ4v) is 2.69. The van der Waals surface area contributed by atoms with Crippen LogP contribution in [0.2, 0.25) is 0 Å². The maximum Gasteiger partial charge on any atom is 1.00 e. The molecule has 0 spiro atoms. The number of anilines is 1. The van der Waals surface area contributed by atoms with Gasteiger partial charge < -0.3 is 1.43 Å². The summed E-state index contributed by atoms with van der Waals surface area (Å²) in [5.41, 5.74) is -0.164. The molecule has 3 aromatic rings. The molecule has 23 heavy (non-hydrogen) atoms. The molecule has 1 aromatic carbocycles. The Labute approximate surface area is 153 Å². The zero-order chi connectivity index (χ0) is 15.9. The number of sulfonamides is 1. The van der Waals surface area contributed by atoms with E-state index in [1.807, 2.05) is 0 Å². The van der Waals surface area contributed by atoms with E-state index in [0.29, 0.717) is 5.69 Å². The fourth-order valence-electron chi connectivity index (χ4n) is 1.73. The Kier molecular flexibility index (Phi) is 4.99. The topological polar surface area (TPSA) is 89.3 Å². The van der Waals surface area contributed by atoms with E-state index >= 15 is 0 Å². The van der Waals surface area contributed by atoms with E-state index in [1.54, 1.807) is 17.7 Å². The van der Waals surface area contributed by atoms with Crippen molar-refractivity contribution in [2.75, 3.05) is 4.72 Å². The molecule has 0 amide bonds. The van der Waals surface area contributed by atoms with Crippen molar-refractivity contribution in [3.63, 3.8) is 0 Å². The number of aromatic nitrogens is 4. The Morgan fingerprint density at radius 1 is 1.17 bits per heavy atom. The van der Waals surface area contributed by atoms with Crippen molar-refractivity contribution in [3.05, 3.63) is 47.8 Å². The molecule has 2 heterocycles. The maximum absolute atomic E-state index is 13.5. The third-order valence-corrected chi connectivity index (χ3v) is 3.89. The molecular formula is C12H10F2N5NaO2S. The molecule has 1 N–H and O–H groups in total. The van der Waals surface area contributed by atoms with Gasteiger partial charge in [-0.25, -0.2) is 18.3 Å². The van der Waals surface area contributed by atoms with Gasteiger partial charge in [0.05, 0.1) is 0 Å². The minimum Gasteiger partial charge on any atom is -1.00 e. The van der Waals surface area contributed by atoms with Crippen LogP contribution >= 0.6 is 0 Å². The van der Waals surface area contributed by atoms with Crippen molar-refractivity contribution < 1.29 is 48.2 Å². The summed E-state index contributed by atoms with van der Waals surface area (Å²) >= 11 is 0. The molecule has 0 saturated carbocycles. The third kappa shape index (κ3) is 3.50. The maximum atomic E-state index is 13.5. The van der Waals surface area contributed by atoms with Gasteiger partial charge in [0, 0.05) is 11.9 Å². The largest absolute Gasteiger partial charge is 1.00 e. The number of hydrogen-bond donors (Lipinski definition) is 1. The smallest absolute Gasteiger partial charge is 1.00 e. The van der Waals surface area contributed by atoms with Gasteiger partial charge in [-0.2, -0.15) is 13.4 Å². The number of para-hydroxylation sites is 1. The minimum absolute atomic E-state index is 0. The van der Waals surface area contributed by atoms with Gasteiger partial charge >= 0.3 is 29.6 Å². The second-order valence-corrected chi connectivity index (χ2v) is 5.99. The molecule has 0 fully saturated rings. The van der Waals surface area contributed by atoms with Gasteiger partial charge in [0.15, 0.2) is 0 Å². The van der Waals surface area contributed by atoms with E-state index in [2.05, 4.69) is 15.1 Å². The summed E-state index contributed by atoms with van der Waals surface area (Å²) < 4.78 is 54.3. The first-order valence-corrected chi connectivity index (χ1v) is 7.52. The number of hydrogen-bond acceptors (Lipinski definition) is 5. The van der Waals surface area contributed by atoms with Crippen LogP contribution < -0.4 is 34.3 Å². The van der Waals surface area contributed by atoms with E-state index in [0.717, 1.165) is 22.7 Å². The van der Waals surface area contributed by atoms with Crippen LogP contribution in [0, 0.1) is 18.6 Å².